The summed E-state index contributed by atoms with van der Waals surface area (Å²) in [5.74, 6) is 0.449. The van der Waals surface area contributed by atoms with Gasteiger partial charge in [-0.3, -0.25) is 0 Å². The minimum atomic E-state index is -0.316. The molecule has 5 heteroatoms. The normalized spacial score (nSPS) is 32.8. The molecule has 1 N–H and O–H groups in total. The molecule has 12 heavy (non-hydrogen) atoms. The van der Waals surface area contributed by atoms with E-state index in [4.69, 9.17) is 0 Å². The highest BCUT2D eigenvalue weighted by Gasteiger charge is 2.44. The van der Waals surface area contributed by atoms with Gasteiger partial charge in [0.15, 0.2) is 0 Å². The number of alkyl halides is 4. The van der Waals surface area contributed by atoms with Gasteiger partial charge in [0.25, 0.3) is 0 Å². The number of rotatable bonds is 0. The van der Waals surface area contributed by atoms with Crippen LogP contribution >= 0.6 is 63.7 Å². The van der Waals surface area contributed by atoms with Crippen molar-refractivity contribution in [2.75, 3.05) is 0 Å². The topological polar surface area (TPSA) is 20.2 Å². The Morgan fingerprint density at radius 3 is 2.33 bits per heavy atom. The van der Waals surface area contributed by atoms with E-state index in [9.17, 15) is 5.11 Å². The highest BCUT2D eigenvalue weighted by atomic mass is 79.9. The highest BCUT2D eigenvalue weighted by Crippen LogP contribution is 2.53. The summed E-state index contributed by atoms with van der Waals surface area (Å²) >= 11 is 14.0. The molecule has 0 fully saturated rings. The summed E-state index contributed by atoms with van der Waals surface area (Å²) in [6, 6.07) is 0. The lowest BCUT2D eigenvalue weighted by molar-refractivity contribution is 0.312. The van der Waals surface area contributed by atoms with E-state index in [0.29, 0.717) is 5.76 Å². The van der Waals surface area contributed by atoms with Crippen molar-refractivity contribution in [1.82, 2.24) is 0 Å². The average molecular weight is 428 g/mol. The molecule has 1 nitrogen and oxygen atoms in total. The molecule has 1 aliphatic rings. The van der Waals surface area contributed by atoms with Crippen LogP contribution in [0.3, 0.4) is 0 Å². The molecule has 0 saturated heterocycles. The van der Waals surface area contributed by atoms with Gasteiger partial charge in [0.1, 0.15) is 3.23 Å². The van der Waals surface area contributed by atoms with Crippen molar-refractivity contribution in [3.63, 3.8) is 0 Å². The summed E-state index contributed by atoms with van der Waals surface area (Å²) in [7, 11) is 0. The first-order valence-electron chi connectivity index (χ1n) is 3.42. The molecular formula is C7H8Br4O. The predicted molar refractivity (Wildman–Crippen MR) is 65.7 cm³/mol. The summed E-state index contributed by atoms with van der Waals surface area (Å²) in [5.41, 5.74) is 0. The number of aliphatic hydroxyl groups is 1. The van der Waals surface area contributed by atoms with Crippen LogP contribution in [0.2, 0.25) is 0 Å². The van der Waals surface area contributed by atoms with E-state index in [1.165, 1.54) is 0 Å². The first kappa shape index (κ1) is 11.5. The molecular weight excluding hydrogens is 420 g/mol. The Kier molecular flexibility index (Phi) is 3.42. The monoisotopic (exact) mass is 424 g/mol. The largest absolute Gasteiger partial charge is 0.512 e. The summed E-state index contributed by atoms with van der Waals surface area (Å²) < 4.78 is -0.560. The third kappa shape index (κ3) is 2.49. The third-order valence-electron chi connectivity index (χ3n) is 1.91. The molecule has 1 unspecified atom stereocenters. The van der Waals surface area contributed by atoms with Gasteiger partial charge in [-0.2, -0.15) is 0 Å². The van der Waals surface area contributed by atoms with Crippen molar-refractivity contribution < 1.29 is 5.11 Å². The Morgan fingerprint density at radius 1 is 1.42 bits per heavy atom. The zero-order valence-corrected chi connectivity index (χ0v) is 12.7. The van der Waals surface area contributed by atoms with Gasteiger partial charge in [-0.15, -0.1) is 0 Å². The molecule has 0 aromatic rings. The van der Waals surface area contributed by atoms with Gasteiger partial charge in [-0.25, -0.2) is 0 Å². The van der Waals surface area contributed by atoms with Crippen LogP contribution in [0, 0.1) is 5.92 Å². The minimum Gasteiger partial charge on any atom is -0.512 e. The Bertz CT molecular complexity index is 221. The summed E-state index contributed by atoms with van der Waals surface area (Å²) in [6.07, 6.45) is 2.59. The van der Waals surface area contributed by atoms with E-state index < -0.39 is 0 Å². The first-order chi connectivity index (χ1) is 5.25. The molecule has 0 aromatic carbocycles. The maximum Gasteiger partial charge on any atom is 0.104 e. The van der Waals surface area contributed by atoms with Crippen molar-refractivity contribution in [1.29, 1.82) is 0 Å². The first-order valence-corrected chi connectivity index (χ1v) is 6.59. The smallest absolute Gasteiger partial charge is 0.104 e. The number of allylic oxidation sites excluding steroid dienone is 2. The number of aliphatic hydroxyl groups excluding tert-OH is 1. The fourth-order valence-electron chi connectivity index (χ4n) is 1.08. The van der Waals surface area contributed by atoms with E-state index in [1.807, 2.05) is 6.92 Å². The summed E-state index contributed by atoms with van der Waals surface area (Å²) in [5, 5.41) is 9.59. The maximum absolute atomic E-state index is 9.59. The third-order valence-corrected chi connectivity index (χ3v) is 4.86. The molecule has 0 saturated carbocycles. The zero-order valence-electron chi connectivity index (χ0n) is 6.32. The Labute approximate surface area is 105 Å². The summed E-state index contributed by atoms with van der Waals surface area (Å²) in [6.45, 7) is 1.96. The molecule has 0 aliphatic heterocycles. The molecule has 0 bridgehead atoms. The quantitative estimate of drug-likeness (QED) is 0.567. The SMILES string of the molecule is CC1C(O)=CC(Br)(Br)CC1(Br)Br. The van der Waals surface area contributed by atoms with Crippen LogP contribution in [0.4, 0.5) is 0 Å². The standard InChI is InChI=1S/C7H8Br4O/c1-4-5(12)2-6(8,9)3-7(4,10)11/h2,4,12H,3H2,1H3. The van der Waals surface area contributed by atoms with E-state index in [1.54, 1.807) is 6.08 Å². The second kappa shape index (κ2) is 3.55. The van der Waals surface area contributed by atoms with Crippen LogP contribution in [0.25, 0.3) is 0 Å². The van der Waals surface area contributed by atoms with Crippen LogP contribution in [0.1, 0.15) is 13.3 Å². The van der Waals surface area contributed by atoms with Crippen LogP contribution < -0.4 is 0 Å². The van der Waals surface area contributed by atoms with Gasteiger partial charge < -0.3 is 5.11 Å². The maximum atomic E-state index is 9.59. The molecule has 70 valence electrons. The lowest BCUT2D eigenvalue weighted by atomic mass is 9.95. The number of hydrogen-bond donors (Lipinski definition) is 1. The molecule has 1 atom stereocenters. The van der Waals surface area contributed by atoms with Crippen molar-refractivity contribution in [2.45, 2.75) is 19.8 Å². The molecule has 0 aromatic heterocycles. The highest BCUT2D eigenvalue weighted by molar-refractivity contribution is 9.26. The lowest BCUT2D eigenvalue weighted by Crippen LogP contribution is -2.35. The second-order valence-electron chi connectivity index (χ2n) is 2.99. The van der Waals surface area contributed by atoms with Crippen molar-refractivity contribution in [3.05, 3.63) is 11.8 Å². The van der Waals surface area contributed by atoms with Crippen molar-refractivity contribution >= 4 is 63.7 Å². The number of hydrogen-bond acceptors (Lipinski definition) is 1. The zero-order chi connectivity index (χ0) is 9.57. The van der Waals surface area contributed by atoms with Gasteiger partial charge >= 0.3 is 0 Å². The minimum absolute atomic E-state index is 0.0701. The van der Waals surface area contributed by atoms with Crippen LogP contribution in [-0.2, 0) is 0 Å². The molecule has 1 rings (SSSR count). The summed E-state index contributed by atoms with van der Waals surface area (Å²) in [4.78, 5) is 0. The molecule has 0 amide bonds. The lowest BCUT2D eigenvalue weighted by Gasteiger charge is -2.36. The average Bonchev–Trinajstić information content (AvgIpc) is 1.79. The van der Waals surface area contributed by atoms with Crippen LogP contribution in [0.15, 0.2) is 11.8 Å². The molecule has 0 radical (unpaired) electrons. The van der Waals surface area contributed by atoms with E-state index in [0.717, 1.165) is 6.42 Å². The molecule has 0 heterocycles. The fraction of sp³-hybridized carbons (Fsp3) is 0.714. The van der Waals surface area contributed by atoms with E-state index in [2.05, 4.69) is 63.7 Å². The Morgan fingerprint density at radius 2 is 1.92 bits per heavy atom. The van der Waals surface area contributed by atoms with Crippen molar-refractivity contribution in [3.8, 4) is 0 Å². The Hall–Kier alpha value is 1.46. The number of halogens is 4. The van der Waals surface area contributed by atoms with Gasteiger partial charge in [0, 0.05) is 12.3 Å². The van der Waals surface area contributed by atoms with Gasteiger partial charge in [-0.05, 0) is 6.08 Å². The van der Waals surface area contributed by atoms with Gasteiger partial charge in [0.05, 0.1) is 8.99 Å². The van der Waals surface area contributed by atoms with Gasteiger partial charge in [0.2, 0.25) is 0 Å². The molecule has 0 spiro atoms. The van der Waals surface area contributed by atoms with E-state index in [-0.39, 0.29) is 12.4 Å². The second-order valence-corrected chi connectivity index (χ2v) is 10.8. The molecule has 1 aliphatic carbocycles. The van der Waals surface area contributed by atoms with Crippen LogP contribution in [-0.4, -0.2) is 11.6 Å². The van der Waals surface area contributed by atoms with Crippen LogP contribution in [0.5, 0.6) is 0 Å². The van der Waals surface area contributed by atoms with E-state index >= 15 is 0 Å². The Balaban J connectivity index is 3.00. The fourth-order valence-corrected chi connectivity index (χ4v) is 5.29. The van der Waals surface area contributed by atoms with Gasteiger partial charge in [-0.1, -0.05) is 70.6 Å². The van der Waals surface area contributed by atoms with Crippen molar-refractivity contribution in [2.24, 2.45) is 5.92 Å². The predicted octanol–water partition coefficient (Wildman–Crippen LogP) is 4.44.